The Morgan fingerprint density at radius 1 is 1.03 bits per heavy atom. The maximum atomic E-state index is 12.1. The SMILES string of the molecule is CCCc1c(OCCCSc2ccc(C(=O)CCC(=O)CO)cc2)ccc(C(C)=O)c1O. The van der Waals surface area contributed by atoms with E-state index in [0.29, 0.717) is 35.5 Å². The van der Waals surface area contributed by atoms with E-state index < -0.39 is 6.61 Å². The van der Waals surface area contributed by atoms with Gasteiger partial charge < -0.3 is 14.9 Å². The van der Waals surface area contributed by atoms with Crippen LogP contribution in [-0.2, 0) is 11.2 Å². The van der Waals surface area contributed by atoms with Gasteiger partial charge in [-0.1, -0.05) is 25.5 Å². The van der Waals surface area contributed by atoms with Crippen LogP contribution < -0.4 is 4.74 Å². The van der Waals surface area contributed by atoms with E-state index in [1.807, 2.05) is 19.1 Å². The molecule has 0 aliphatic rings. The van der Waals surface area contributed by atoms with Gasteiger partial charge in [-0.25, -0.2) is 0 Å². The average molecular weight is 459 g/mol. The maximum absolute atomic E-state index is 12.1. The van der Waals surface area contributed by atoms with Crippen LogP contribution in [-0.4, -0.2) is 46.5 Å². The van der Waals surface area contributed by atoms with Crippen LogP contribution in [0.25, 0.3) is 0 Å². The third kappa shape index (κ3) is 7.50. The monoisotopic (exact) mass is 458 g/mol. The van der Waals surface area contributed by atoms with Gasteiger partial charge in [0.1, 0.15) is 18.1 Å². The minimum absolute atomic E-state index is 0.0154. The molecule has 0 saturated heterocycles. The highest BCUT2D eigenvalue weighted by atomic mass is 32.2. The lowest BCUT2D eigenvalue weighted by Gasteiger charge is -2.14. The molecular formula is C25H30O6S. The van der Waals surface area contributed by atoms with Crippen LogP contribution in [0.5, 0.6) is 11.5 Å². The molecule has 0 fully saturated rings. The van der Waals surface area contributed by atoms with Gasteiger partial charge in [-0.05, 0) is 44.0 Å². The molecule has 0 unspecified atom stereocenters. The molecule has 172 valence electrons. The van der Waals surface area contributed by atoms with Crippen molar-refractivity contribution in [3.8, 4) is 11.5 Å². The van der Waals surface area contributed by atoms with Crippen molar-refractivity contribution in [1.82, 2.24) is 0 Å². The summed E-state index contributed by atoms with van der Waals surface area (Å²) in [6.07, 6.45) is 2.41. The molecule has 2 aromatic carbocycles. The largest absolute Gasteiger partial charge is 0.507 e. The third-order valence-corrected chi connectivity index (χ3v) is 6.02. The number of thioether (sulfide) groups is 1. The smallest absolute Gasteiger partial charge is 0.163 e. The summed E-state index contributed by atoms with van der Waals surface area (Å²) in [5.41, 5.74) is 1.55. The Labute approximate surface area is 193 Å². The first kappa shape index (κ1) is 25.6. The van der Waals surface area contributed by atoms with Gasteiger partial charge in [-0.2, -0.15) is 0 Å². The molecule has 0 amide bonds. The number of aromatic hydroxyl groups is 1. The number of aliphatic hydroxyl groups excluding tert-OH is 1. The number of phenolic OH excluding ortho intramolecular Hbond substituents is 1. The highest BCUT2D eigenvalue weighted by Crippen LogP contribution is 2.33. The topological polar surface area (TPSA) is 101 Å². The number of hydrogen-bond acceptors (Lipinski definition) is 7. The van der Waals surface area contributed by atoms with Crippen LogP contribution >= 0.6 is 11.8 Å². The molecule has 0 heterocycles. The van der Waals surface area contributed by atoms with Crippen LogP contribution in [0.3, 0.4) is 0 Å². The molecule has 0 radical (unpaired) electrons. The number of carbonyl (C=O) groups is 3. The predicted octanol–water partition coefficient (Wildman–Crippen LogP) is 4.63. The molecule has 2 rings (SSSR count). The summed E-state index contributed by atoms with van der Waals surface area (Å²) in [4.78, 5) is 35.9. The zero-order valence-corrected chi connectivity index (χ0v) is 19.4. The molecule has 0 bridgehead atoms. The zero-order chi connectivity index (χ0) is 23.5. The van der Waals surface area contributed by atoms with Crippen molar-refractivity contribution in [2.75, 3.05) is 19.0 Å². The number of phenols is 1. The highest BCUT2D eigenvalue weighted by Gasteiger charge is 2.16. The van der Waals surface area contributed by atoms with Gasteiger partial charge in [0.05, 0.1) is 12.2 Å². The number of hydrogen-bond donors (Lipinski definition) is 2. The molecule has 32 heavy (non-hydrogen) atoms. The Balaban J connectivity index is 1.82. The van der Waals surface area contributed by atoms with Crippen molar-refractivity contribution in [2.24, 2.45) is 0 Å². The lowest BCUT2D eigenvalue weighted by atomic mass is 10.0. The van der Waals surface area contributed by atoms with Crippen molar-refractivity contribution in [1.29, 1.82) is 0 Å². The van der Waals surface area contributed by atoms with Gasteiger partial charge in [-0.15, -0.1) is 11.8 Å². The first-order valence-electron chi connectivity index (χ1n) is 10.7. The summed E-state index contributed by atoms with van der Waals surface area (Å²) in [6, 6.07) is 10.6. The highest BCUT2D eigenvalue weighted by molar-refractivity contribution is 7.99. The normalized spacial score (nSPS) is 10.7. The van der Waals surface area contributed by atoms with Crippen LogP contribution in [0.2, 0.25) is 0 Å². The number of carbonyl (C=O) groups excluding carboxylic acids is 3. The molecule has 0 atom stereocenters. The number of ketones is 3. The molecule has 0 spiro atoms. The molecule has 0 aromatic heterocycles. The van der Waals surface area contributed by atoms with E-state index in [1.54, 1.807) is 36.0 Å². The maximum Gasteiger partial charge on any atom is 0.163 e. The number of rotatable bonds is 14. The van der Waals surface area contributed by atoms with Gasteiger partial charge in [0.25, 0.3) is 0 Å². The molecule has 0 aliphatic carbocycles. The fourth-order valence-corrected chi connectivity index (χ4v) is 4.00. The Hall–Kier alpha value is -2.64. The molecule has 7 heteroatoms. The quantitative estimate of drug-likeness (QED) is 0.242. The lowest BCUT2D eigenvalue weighted by Crippen LogP contribution is -2.07. The second-order valence-electron chi connectivity index (χ2n) is 7.44. The minimum atomic E-state index is -0.530. The molecule has 2 aromatic rings. The number of aliphatic hydroxyl groups is 1. The number of ether oxygens (including phenoxy) is 1. The van der Waals surface area contributed by atoms with E-state index in [-0.39, 0.29) is 35.9 Å². The second-order valence-corrected chi connectivity index (χ2v) is 8.61. The van der Waals surface area contributed by atoms with E-state index >= 15 is 0 Å². The molecule has 2 N–H and O–H groups in total. The van der Waals surface area contributed by atoms with Crippen LogP contribution in [0, 0.1) is 0 Å². The summed E-state index contributed by atoms with van der Waals surface area (Å²) < 4.78 is 5.87. The molecular weight excluding hydrogens is 428 g/mol. The predicted molar refractivity (Wildman–Crippen MR) is 125 cm³/mol. The zero-order valence-electron chi connectivity index (χ0n) is 18.6. The van der Waals surface area contributed by atoms with E-state index in [1.165, 1.54) is 6.92 Å². The van der Waals surface area contributed by atoms with Gasteiger partial charge in [0, 0.05) is 34.6 Å². The van der Waals surface area contributed by atoms with E-state index in [9.17, 15) is 19.5 Å². The molecule has 0 saturated carbocycles. The van der Waals surface area contributed by atoms with E-state index in [2.05, 4.69) is 0 Å². The van der Waals surface area contributed by atoms with Crippen molar-refractivity contribution in [3.05, 3.63) is 53.1 Å². The standard InChI is InChI=1S/C25H30O6S/c1-3-5-22-24(13-11-21(17(2)27)25(22)30)31-14-4-15-32-20-9-6-18(7-10-20)23(29)12-8-19(28)16-26/h6-7,9-11,13,26,30H,3-5,8,12,14-16H2,1-2H3. The number of benzene rings is 2. The van der Waals surface area contributed by atoms with E-state index in [0.717, 1.165) is 23.5 Å². The summed E-state index contributed by atoms with van der Waals surface area (Å²) >= 11 is 1.65. The fourth-order valence-electron chi connectivity index (χ4n) is 3.17. The third-order valence-electron chi connectivity index (χ3n) is 4.92. The fraction of sp³-hybridized carbons (Fsp3) is 0.400. The van der Waals surface area contributed by atoms with Crippen molar-refractivity contribution < 1.29 is 29.3 Å². The summed E-state index contributed by atoms with van der Waals surface area (Å²) in [6.45, 7) is 3.40. The van der Waals surface area contributed by atoms with Crippen LogP contribution in [0.1, 0.15) is 65.8 Å². The number of Topliss-reactive ketones (excluding diaryl/α,β-unsaturated/α-hetero) is 3. The van der Waals surface area contributed by atoms with Crippen molar-refractivity contribution in [2.45, 2.75) is 50.8 Å². The van der Waals surface area contributed by atoms with Gasteiger partial charge in [0.15, 0.2) is 17.3 Å². The lowest BCUT2D eigenvalue weighted by molar-refractivity contribution is -0.121. The van der Waals surface area contributed by atoms with Crippen molar-refractivity contribution in [3.63, 3.8) is 0 Å². The summed E-state index contributed by atoms with van der Waals surface area (Å²) in [5, 5.41) is 19.1. The van der Waals surface area contributed by atoms with Gasteiger partial charge in [0.2, 0.25) is 0 Å². The van der Waals surface area contributed by atoms with Crippen LogP contribution in [0.15, 0.2) is 41.3 Å². The summed E-state index contributed by atoms with van der Waals surface area (Å²) in [5.74, 6) is 0.828. The Kier molecular flexibility index (Phi) is 10.4. The Morgan fingerprint density at radius 3 is 2.38 bits per heavy atom. The van der Waals surface area contributed by atoms with Gasteiger partial charge in [-0.3, -0.25) is 14.4 Å². The minimum Gasteiger partial charge on any atom is -0.507 e. The van der Waals surface area contributed by atoms with E-state index in [4.69, 9.17) is 9.84 Å². The molecule has 6 nitrogen and oxygen atoms in total. The Morgan fingerprint density at radius 2 is 1.75 bits per heavy atom. The van der Waals surface area contributed by atoms with Crippen molar-refractivity contribution >= 4 is 29.1 Å². The van der Waals surface area contributed by atoms with Crippen LogP contribution in [0.4, 0.5) is 0 Å². The Bertz CT molecular complexity index is 936. The average Bonchev–Trinajstić information content (AvgIpc) is 2.79. The van der Waals surface area contributed by atoms with Gasteiger partial charge >= 0.3 is 0 Å². The molecule has 0 aliphatic heterocycles. The summed E-state index contributed by atoms with van der Waals surface area (Å²) in [7, 11) is 0. The first-order valence-corrected chi connectivity index (χ1v) is 11.7. The first-order chi connectivity index (χ1) is 15.4. The second kappa shape index (κ2) is 13.0.